The number of para-hydroxylation sites is 1. The molecule has 122 valence electrons. The number of nitrogens with zero attached hydrogens (tertiary/aromatic N) is 3. The minimum absolute atomic E-state index is 0.0538. The number of carbonyl (C=O) groups is 1. The lowest BCUT2D eigenvalue weighted by Gasteiger charge is -2.17. The van der Waals surface area contributed by atoms with Gasteiger partial charge < -0.3 is 4.90 Å². The summed E-state index contributed by atoms with van der Waals surface area (Å²) in [5.41, 5.74) is 4.86. The second kappa shape index (κ2) is 5.37. The number of anilines is 1. The second-order valence-electron chi connectivity index (χ2n) is 6.32. The van der Waals surface area contributed by atoms with Gasteiger partial charge in [-0.05, 0) is 35.7 Å². The predicted molar refractivity (Wildman–Crippen MR) is 94.4 cm³/mol. The standard InChI is InChI=1S/C19H19N3O2/c1-20-16-8-7-13(11-17(16)21(2)19(20)24)12-18(23)22-10-9-14-5-3-4-6-15(14)22/h3-8,11H,9-10,12H2,1-2H3. The first-order valence-corrected chi connectivity index (χ1v) is 8.09. The summed E-state index contributed by atoms with van der Waals surface area (Å²) in [5, 5.41) is 0. The molecule has 0 radical (unpaired) electrons. The van der Waals surface area contributed by atoms with Crippen molar-refractivity contribution >= 4 is 22.6 Å². The highest BCUT2D eigenvalue weighted by Crippen LogP contribution is 2.28. The number of benzene rings is 2. The molecule has 0 saturated carbocycles. The average molecular weight is 321 g/mol. The molecule has 0 bridgehead atoms. The van der Waals surface area contributed by atoms with Crippen LogP contribution in [0.2, 0.25) is 0 Å². The monoisotopic (exact) mass is 321 g/mol. The minimum atomic E-state index is -0.0538. The fourth-order valence-electron chi connectivity index (χ4n) is 3.53. The van der Waals surface area contributed by atoms with Crippen LogP contribution in [0.1, 0.15) is 11.1 Å². The Labute approximate surface area is 139 Å². The van der Waals surface area contributed by atoms with Crippen molar-refractivity contribution in [3.05, 3.63) is 64.1 Å². The van der Waals surface area contributed by atoms with E-state index < -0.39 is 0 Å². The third-order valence-corrected chi connectivity index (χ3v) is 4.88. The molecule has 1 aromatic heterocycles. The van der Waals surface area contributed by atoms with Gasteiger partial charge in [0.25, 0.3) is 0 Å². The molecule has 1 aliphatic rings. The van der Waals surface area contributed by atoms with Gasteiger partial charge in [-0.1, -0.05) is 24.3 Å². The molecule has 1 amide bonds. The van der Waals surface area contributed by atoms with E-state index >= 15 is 0 Å². The van der Waals surface area contributed by atoms with Crippen molar-refractivity contribution in [1.82, 2.24) is 9.13 Å². The number of fused-ring (bicyclic) bond motifs is 2. The number of amides is 1. The van der Waals surface area contributed by atoms with Gasteiger partial charge in [0, 0.05) is 26.3 Å². The van der Waals surface area contributed by atoms with Crippen LogP contribution < -0.4 is 10.6 Å². The number of rotatable bonds is 2. The zero-order valence-corrected chi connectivity index (χ0v) is 13.8. The first-order valence-electron chi connectivity index (χ1n) is 8.09. The first-order chi connectivity index (χ1) is 11.6. The second-order valence-corrected chi connectivity index (χ2v) is 6.32. The smallest absolute Gasteiger partial charge is 0.312 e. The van der Waals surface area contributed by atoms with Gasteiger partial charge >= 0.3 is 5.69 Å². The Morgan fingerprint density at radius 1 is 1.04 bits per heavy atom. The van der Waals surface area contributed by atoms with E-state index in [-0.39, 0.29) is 11.6 Å². The Balaban J connectivity index is 1.64. The molecule has 5 nitrogen and oxygen atoms in total. The molecule has 0 spiro atoms. The van der Waals surface area contributed by atoms with Gasteiger partial charge in [0.1, 0.15) is 0 Å². The molecule has 5 heteroatoms. The SMILES string of the molecule is Cn1c(=O)n(C)c2cc(CC(=O)N3CCc4ccccc43)ccc21. The average Bonchev–Trinajstić information content (AvgIpc) is 3.11. The van der Waals surface area contributed by atoms with Gasteiger partial charge in [0.15, 0.2) is 0 Å². The van der Waals surface area contributed by atoms with Crippen LogP contribution in [0, 0.1) is 0 Å². The molecule has 2 aromatic carbocycles. The maximum Gasteiger partial charge on any atom is 0.328 e. The number of hydrogen-bond acceptors (Lipinski definition) is 2. The van der Waals surface area contributed by atoms with Crippen molar-refractivity contribution in [2.45, 2.75) is 12.8 Å². The molecule has 0 saturated heterocycles. The molecule has 0 atom stereocenters. The summed E-state index contributed by atoms with van der Waals surface area (Å²) in [5.74, 6) is 0.0974. The highest BCUT2D eigenvalue weighted by atomic mass is 16.2. The van der Waals surface area contributed by atoms with E-state index in [1.807, 2.05) is 41.3 Å². The van der Waals surface area contributed by atoms with Crippen molar-refractivity contribution in [2.24, 2.45) is 14.1 Å². The number of carbonyl (C=O) groups excluding carboxylic acids is 1. The van der Waals surface area contributed by atoms with Gasteiger partial charge in [-0.3, -0.25) is 13.9 Å². The van der Waals surface area contributed by atoms with Crippen molar-refractivity contribution < 1.29 is 4.79 Å². The van der Waals surface area contributed by atoms with Gasteiger partial charge in [-0.2, -0.15) is 0 Å². The van der Waals surface area contributed by atoms with E-state index in [1.165, 1.54) is 5.56 Å². The third-order valence-electron chi connectivity index (χ3n) is 4.88. The molecule has 0 fully saturated rings. The van der Waals surface area contributed by atoms with Crippen LogP contribution >= 0.6 is 0 Å². The molecular formula is C19H19N3O2. The van der Waals surface area contributed by atoms with Crippen LogP contribution in [-0.4, -0.2) is 21.6 Å². The maximum atomic E-state index is 12.7. The van der Waals surface area contributed by atoms with Gasteiger partial charge in [-0.15, -0.1) is 0 Å². The molecule has 4 rings (SSSR count). The molecule has 24 heavy (non-hydrogen) atoms. The van der Waals surface area contributed by atoms with E-state index in [0.717, 1.165) is 35.2 Å². The highest BCUT2D eigenvalue weighted by Gasteiger charge is 2.24. The lowest BCUT2D eigenvalue weighted by Crippen LogP contribution is -2.30. The van der Waals surface area contributed by atoms with Crippen LogP contribution in [0.5, 0.6) is 0 Å². The zero-order chi connectivity index (χ0) is 16.8. The Kier molecular flexibility index (Phi) is 3.30. The number of aromatic nitrogens is 2. The van der Waals surface area contributed by atoms with E-state index in [1.54, 1.807) is 23.2 Å². The highest BCUT2D eigenvalue weighted by molar-refractivity contribution is 5.97. The fraction of sp³-hybridized carbons (Fsp3) is 0.263. The number of imidazole rings is 1. The molecule has 3 aromatic rings. The summed E-state index contributed by atoms with van der Waals surface area (Å²) in [7, 11) is 3.52. The van der Waals surface area contributed by atoms with Crippen molar-refractivity contribution in [3.63, 3.8) is 0 Å². The van der Waals surface area contributed by atoms with Crippen molar-refractivity contribution in [3.8, 4) is 0 Å². The van der Waals surface area contributed by atoms with Crippen LogP contribution in [0.25, 0.3) is 11.0 Å². The molecular weight excluding hydrogens is 302 g/mol. The molecule has 0 unspecified atom stereocenters. The van der Waals surface area contributed by atoms with Gasteiger partial charge in [0.05, 0.1) is 17.5 Å². The summed E-state index contributed by atoms with van der Waals surface area (Å²) in [6, 6.07) is 13.8. The Morgan fingerprint density at radius 3 is 2.62 bits per heavy atom. The van der Waals surface area contributed by atoms with Crippen molar-refractivity contribution in [1.29, 1.82) is 0 Å². The summed E-state index contributed by atoms with van der Waals surface area (Å²) in [6.45, 7) is 0.740. The van der Waals surface area contributed by atoms with E-state index in [4.69, 9.17) is 0 Å². The molecule has 2 heterocycles. The van der Waals surface area contributed by atoms with E-state index in [2.05, 4.69) is 6.07 Å². The zero-order valence-electron chi connectivity index (χ0n) is 13.8. The molecule has 1 aliphatic heterocycles. The summed E-state index contributed by atoms with van der Waals surface area (Å²) in [6.07, 6.45) is 1.25. The number of aryl methyl sites for hydroxylation is 2. The quantitative estimate of drug-likeness (QED) is 0.725. The lowest BCUT2D eigenvalue weighted by atomic mass is 10.1. The van der Waals surface area contributed by atoms with Crippen LogP contribution in [-0.2, 0) is 31.7 Å². The Bertz CT molecular complexity index is 1010. The van der Waals surface area contributed by atoms with Crippen molar-refractivity contribution in [2.75, 3.05) is 11.4 Å². The normalized spacial score (nSPS) is 13.5. The summed E-state index contributed by atoms with van der Waals surface area (Å²) in [4.78, 5) is 26.6. The van der Waals surface area contributed by atoms with E-state index in [0.29, 0.717) is 6.42 Å². The summed E-state index contributed by atoms with van der Waals surface area (Å²) >= 11 is 0. The molecule has 0 N–H and O–H groups in total. The van der Waals surface area contributed by atoms with Gasteiger partial charge in [0.2, 0.25) is 5.91 Å². The predicted octanol–water partition coefficient (Wildman–Crippen LogP) is 2.01. The topological polar surface area (TPSA) is 47.2 Å². The largest absolute Gasteiger partial charge is 0.328 e. The summed E-state index contributed by atoms with van der Waals surface area (Å²) < 4.78 is 3.24. The molecule has 0 aliphatic carbocycles. The minimum Gasteiger partial charge on any atom is -0.312 e. The lowest BCUT2D eigenvalue weighted by molar-refractivity contribution is -0.117. The first kappa shape index (κ1) is 14.8. The maximum absolute atomic E-state index is 12.7. The Morgan fingerprint density at radius 2 is 1.79 bits per heavy atom. The van der Waals surface area contributed by atoms with E-state index in [9.17, 15) is 9.59 Å². The van der Waals surface area contributed by atoms with Crippen LogP contribution in [0.15, 0.2) is 47.3 Å². The van der Waals surface area contributed by atoms with Crippen LogP contribution in [0.3, 0.4) is 0 Å². The Hall–Kier alpha value is -2.82. The fourth-order valence-corrected chi connectivity index (χ4v) is 3.53. The third kappa shape index (κ3) is 2.16. The van der Waals surface area contributed by atoms with Gasteiger partial charge in [-0.25, -0.2) is 4.79 Å². The number of hydrogen-bond donors (Lipinski definition) is 0. The van der Waals surface area contributed by atoms with Crippen LogP contribution in [0.4, 0.5) is 5.69 Å².